The van der Waals surface area contributed by atoms with Gasteiger partial charge in [-0.1, -0.05) is 6.42 Å². The number of hydrogen-bond acceptors (Lipinski definition) is 3. The van der Waals surface area contributed by atoms with Gasteiger partial charge in [-0.3, -0.25) is 4.79 Å². The van der Waals surface area contributed by atoms with Crippen molar-refractivity contribution >= 4 is 5.97 Å². The molecular formula is C12H23NO2. The third-order valence-electron chi connectivity index (χ3n) is 2.99. The molecule has 2 N–H and O–H groups in total. The maximum atomic E-state index is 11.8. The van der Waals surface area contributed by atoms with Crippen molar-refractivity contribution in [3.63, 3.8) is 0 Å². The minimum absolute atomic E-state index is 0.00551. The molecular weight excluding hydrogens is 190 g/mol. The van der Waals surface area contributed by atoms with Gasteiger partial charge in [-0.2, -0.15) is 0 Å². The summed E-state index contributed by atoms with van der Waals surface area (Å²) in [5.41, 5.74) is 5.78. The maximum Gasteiger partial charge on any atom is 0.309 e. The minimum atomic E-state index is -0.0202. The molecule has 3 heteroatoms. The molecule has 1 aliphatic carbocycles. The summed E-state index contributed by atoms with van der Waals surface area (Å²) in [5.74, 6) is 0.516. The molecule has 0 aromatic carbocycles. The lowest BCUT2D eigenvalue weighted by molar-refractivity contribution is -0.153. The Balaban J connectivity index is 2.48. The van der Waals surface area contributed by atoms with Crippen LogP contribution in [0.2, 0.25) is 0 Å². The fraction of sp³-hybridized carbons (Fsp3) is 0.917. The van der Waals surface area contributed by atoms with E-state index in [2.05, 4.69) is 0 Å². The first-order chi connectivity index (χ1) is 7.00. The summed E-state index contributed by atoms with van der Waals surface area (Å²) < 4.78 is 5.27. The van der Waals surface area contributed by atoms with Crippen molar-refractivity contribution in [3.8, 4) is 0 Å². The second kappa shape index (κ2) is 5.50. The average Bonchev–Trinajstić information content (AvgIpc) is 2.49. The Bertz CT molecular complexity index is 214. The lowest BCUT2D eigenvalue weighted by Crippen LogP contribution is -2.28. The lowest BCUT2D eigenvalue weighted by Gasteiger charge is -2.21. The Kier molecular flexibility index (Phi) is 4.58. The second-order valence-electron chi connectivity index (χ2n) is 5.00. The predicted octanol–water partition coefficient (Wildman–Crippen LogP) is 2.09. The minimum Gasteiger partial charge on any atom is -0.463 e. The van der Waals surface area contributed by atoms with Gasteiger partial charge in [0.2, 0.25) is 0 Å². The van der Waals surface area contributed by atoms with Crippen LogP contribution in [0.25, 0.3) is 0 Å². The smallest absolute Gasteiger partial charge is 0.309 e. The van der Waals surface area contributed by atoms with Gasteiger partial charge in [0.1, 0.15) is 0 Å². The van der Waals surface area contributed by atoms with Gasteiger partial charge in [-0.05, 0) is 46.0 Å². The molecule has 0 aromatic heterocycles. The standard InChI is InChI=1S/C12H23NO2/c1-8(2)15-12(14)11-6-4-5-10(11)7-9(3)13/h8-11H,4-7,13H2,1-3H3. The quantitative estimate of drug-likeness (QED) is 0.727. The zero-order valence-electron chi connectivity index (χ0n) is 10.0. The van der Waals surface area contributed by atoms with E-state index in [4.69, 9.17) is 10.5 Å². The fourth-order valence-corrected chi connectivity index (χ4v) is 2.43. The number of rotatable bonds is 4. The number of hydrogen-bond donors (Lipinski definition) is 1. The molecule has 88 valence electrons. The van der Waals surface area contributed by atoms with Crippen molar-refractivity contribution in [1.82, 2.24) is 0 Å². The molecule has 0 bridgehead atoms. The molecule has 0 aliphatic heterocycles. The molecule has 0 saturated heterocycles. The molecule has 1 saturated carbocycles. The van der Waals surface area contributed by atoms with Crippen LogP contribution in [0, 0.1) is 11.8 Å². The first-order valence-electron chi connectivity index (χ1n) is 5.96. The molecule has 3 atom stereocenters. The number of ether oxygens (including phenoxy) is 1. The summed E-state index contributed by atoms with van der Waals surface area (Å²) in [6.45, 7) is 5.80. The second-order valence-corrected chi connectivity index (χ2v) is 5.00. The highest BCUT2D eigenvalue weighted by atomic mass is 16.5. The Morgan fingerprint density at radius 3 is 2.60 bits per heavy atom. The van der Waals surface area contributed by atoms with E-state index in [1.54, 1.807) is 0 Å². The van der Waals surface area contributed by atoms with Gasteiger partial charge >= 0.3 is 5.97 Å². The zero-order chi connectivity index (χ0) is 11.4. The van der Waals surface area contributed by atoms with Crippen molar-refractivity contribution in [2.24, 2.45) is 17.6 Å². The van der Waals surface area contributed by atoms with Crippen molar-refractivity contribution in [2.45, 2.75) is 58.6 Å². The van der Waals surface area contributed by atoms with Crippen molar-refractivity contribution in [3.05, 3.63) is 0 Å². The van der Waals surface area contributed by atoms with E-state index in [0.717, 1.165) is 25.7 Å². The summed E-state index contributed by atoms with van der Waals surface area (Å²) in [5, 5.41) is 0. The van der Waals surface area contributed by atoms with Gasteiger partial charge in [-0.25, -0.2) is 0 Å². The Hall–Kier alpha value is -0.570. The SMILES string of the molecule is CC(N)CC1CCCC1C(=O)OC(C)C. The Morgan fingerprint density at radius 2 is 2.07 bits per heavy atom. The number of nitrogens with two attached hydrogens (primary N) is 1. The van der Waals surface area contributed by atoms with Crippen molar-refractivity contribution < 1.29 is 9.53 Å². The molecule has 1 rings (SSSR count). The molecule has 3 nitrogen and oxygen atoms in total. The average molecular weight is 213 g/mol. The normalized spacial score (nSPS) is 28.1. The monoisotopic (exact) mass is 213 g/mol. The topological polar surface area (TPSA) is 52.3 Å². The maximum absolute atomic E-state index is 11.8. The van der Waals surface area contributed by atoms with E-state index in [-0.39, 0.29) is 24.0 Å². The van der Waals surface area contributed by atoms with Crippen LogP contribution in [0.15, 0.2) is 0 Å². The van der Waals surface area contributed by atoms with Gasteiger partial charge in [0.05, 0.1) is 12.0 Å². The highest BCUT2D eigenvalue weighted by molar-refractivity contribution is 5.73. The first kappa shape index (κ1) is 12.5. The van der Waals surface area contributed by atoms with E-state index >= 15 is 0 Å². The van der Waals surface area contributed by atoms with Crippen LogP contribution in [0.5, 0.6) is 0 Å². The summed E-state index contributed by atoms with van der Waals surface area (Å²) in [6, 6.07) is 0.183. The zero-order valence-corrected chi connectivity index (χ0v) is 10.0. The van der Waals surface area contributed by atoms with E-state index in [1.165, 1.54) is 0 Å². The molecule has 3 unspecified atom stereocenters. The molecule has 1 aliphatic rings. The van der Waals surface area contributed by atoms with E-state index in [9.17, 15) is 4.79 Å². The highest BCUT2D eigenvalue weighted by Gasteiger charge is 2.34. The van der Waals surface area contributed by atoms with Gasteiger partial charge in [0, 0.05) is 6.04 Å². The van der Waals surface area contributed by atoms with Crippen molar-refractivity contribution in [1.29, 1.82) is 0 Å². The Labute approximate surface area is 92.4 Å². The van der Waals surface area contributed by atoms with E-state index < -0.39 is 0 Å². The fourth-order valence-electron chi connectivity index (χ4n) is 2.43. The van der Waals surface area contributed by atoms with Gasteiger partial charge in [0.15, 0.2) is 0 Å². The molecule has 0 amide bonds. The third-order valence-corrected chi connectivity index (χ3v) is 2.99. The van der Waals surface area contributed by atoms with E-state index in [1.807, 2.05) is 20.8 Å². The number of carbonyl (C=O) groups excluding carboxylic acids is 1. The molecule has 0 radical (unpaired) electrons. The van der Waals surface area contributed by atoms with E-state index in [0.29, 0.717) is 5.92 Å². The van der Waals surface area contributed by atoms with Crippen molar-refractivity contribution in [2.75, 3.05) is 0 Å². The molecule has 0 spiro atoms. The molecule has 0 heterocycles. The van der Waals surface area contributed by atoms with Crippen LogP contribution < -0.4 is 5.73 Å². The number of carbonyl (C=O) groups is 1. The van der Waals surface area contributed by atoms with Crippen LogP contribution in [-0.4, -0.2) is 18.1 Å². The summed E-state index contributed by atoms with van der Waals surface area (Å²) in [7, 11) is 0. The molecule has 0 aromatic rings. The third kappa shape index (κ3) is 3.82. The van der Waals surface area contributed by atoms with Gasteiger partial charge < -0.3 is 10.5 Å². The number of esters is 1. The largest absolute Gasteiger partial charge is 0.463 e. The van der Waals surface area contributed by atoms with Gasteiger partial charge in [-0.15, -0.1) is 0 Å². The van der Waals surface area contributed by atoms with Crippen LogP contribution >= 0.6 is 0 Å². The highest BCUT2D eigenvalue weighted by Crippen LogP contribution is 2.35. The van der Waals surface area contributed by atoms with Crippen LogP contribution in [0.3, 0.4) is 0 Å². The summed E-state index contributed by atoms with van der Waals surface area (Å²) in [6.07, 6.45) is 4.17. The summed E-state index contributed by atoms with van der Waals surface area (Å²) >= 11 is 0. The van der Waals surface area contributed by atoms with Crippen LogP contribution in [0.1, 0.15) is 46.5 Å². The van der Waals surface area contributed by atoms with Crippen LogP contribution in [-0.2, 0) is 9.53 Å². The Morgan fingerprint density at radius 1 is 1.40 bits per heavy atom. The molecule has 1 fully saturated rings. The molecule has 15 heavy (non-hydrogen) atoms. The summed E-state index contributed by atoms with van der Waals surface area (Å²) in [4.78, 5) is 11.8. The first-order valence-corrected chi connectivity index (χ1v) is 5.96. The van der Waals surface area contributed by atoms with Gasteiger partial charge in [0.25, 0.3) is 0 Å². The lowest BCUT2D eigenvalue weighted by atomic mass is 9.90. The van der Waals surface area contributed by atoms with Crippen LogP contribution in [0.4, 0.5) is 0 Å². The predicted molar refractivity (Wildman–Crippen MR) is 60.3 cm³/mol.